The fourth-order valence-corrected chi connectivity index (χ4v) is 2.39. The second-order valence-electron chi connectivity index (χ2n) is 5.03. The maximum absolute atomic E-state index is 11.3. The molecular weight excluding hydrogens is 298 g/mol. The number of nitrogens with zero attached hydrogens (tertiary/aromatic N) is 2. The zero-order chi connectivity index (χ0) is 16.4. The summed E-state index contributed by atoms with van der Waals surface area (Å²) in [6, 6.07) is 11.6. The molecule has 0 fully saturated rings. The van der Waals surface area contributed by atoms with Crippen molar-refractivity contribution in [1.29, 1.82) is 0 Å². The van der Waals surface area contributed by atoms with Crippen LogP contribution >= 0.6 is 0 Å². The number of carbonyl (C=O) groups excluding carboxylic acids is 1. The summed E-state index contributed by atoms with van der Waals surface area (Å²) in [6.07, 6.45) is -0.0119. The third-order valence-electron chi connectivity index (χ3n) is 3.50. The van der Waals surface area contributed by atoms with Gasteiger partial charge in [0.25, 0.3) is 11.7 Å². The number of aryl methyl sites for hydroxylation is 1. The normalized spacial score (nSPS) is 15.9. The van der Waals surface area contributed by atoms with Crippen molar-refractivity contribution in [2.24, 2.45) is 4.99 Å². The Labute approximate surface area is 131 Å². The maximum atomic E-state index is 11.3. The second-order valence-corrected chi connectivity index (χ2v) is 5.03. The Morgan fingerprint density at radius 2 is 2.00 bits per heavy atom. The molecule has 2 aromatic rings. The summed E-state index contributed by atoms with van der Waals surface area (Å²) in [7, 11) is 0. The van der Waals surface area contributed by atoms with Crippen LogP contribution in [0.2, 0.25) is 0 Å². The molecule has 7 heteroatoms. The highest BCUT2D eigenvalue weighted by molar-refractivity contribution is 5.94. The SMILES string of the molecule is Cc1cccc2c1C(C=O)OC(Nc1ccc([N+](=O)[O-])cc1)=N2. The lowest BCUT2D eigenvalue weighted by Crippen LogP contribution is -2.24. The number of non-ortho nitro benzene ring substituents is 1. The van der Waals surface area contributed by atoms with Gasteiger partial charge in [0.15, 0.2) is 12.4 Å². The number of nitro groups is 1. The van der Waals surface area contributed by atoms with Crippen LogP contribution in [0.5, 0.6) is 0 Å². The van der Waals surface area contributed by atoms with Crippen LogP contribution in [0.3, 0.4) is 0 Å². The number of hydrogen-bond donors (Lipinski definition) is 1. The Morgan fingerprint density at radius 3 is 2.65 bits per heavy atom. The number of ether oxygens (including phenoxy) is 1. The van der Waals surface area contributed by atoms with E-state index in [1.54, 1.807) is 18.2 Å². The van der Waals surface area contributed by atoms with Crippen LogP contribution in [0.1, 0.15) is 17.2 Å². The molecule has 1 heterocycles. The first-order chi connectivity index (χ1) is 11.1. The Morgan fingerprint density at radius 1 is 1.26 bits per heavy atom. The summed E-state index contributed by atoms with van der Waals surface area (Å²) in [6.45, 7) is 1.89. The highest BCUT2D eigenvalue weighted by atomic mass is 16.6. The van der Waals surface area contributed by atoms with Gasteiger partial charge in [-0.2, -0.15) is 4.99 Å². The maximum Gasteiger partial charge on any atom is 0.295 e. The van der Waals surface area contributed by atoms with E-state index in [9.17, 15) is 14.9 Å². The molecule has 1 unspecified atom stereocenters. The van der Waals surface area contributed by atoms with E-state index in [1.165, 1.54) is 12.1 Å². The van der Waals surface area contributed by atoms with Gasteiger partial charge in [0, 0.05) is 23.4 Å². The Bertz CT molecular complexity index is 799. The number of benzene rings is 2. The van der Waals surface area contributed by atoms with Crippen LogP contribution in [0, 0.1) is 17.0 Å². The number of aliphatic imine (C=N–C) groups is 1. The van der Waals surface area contributed by atoms with E-state index in [-0.39, 0.29) is 11.7 Å². The molecule has 1 aliphatic heterocycles. The van der Waals surface area contributed by atoms with Crippen LogP contribution in [0.4, 0.5) is 17.1 Å². The molecule has 0 saturated heterocycles. The molecule has 3 rings (SSSR count). The standard InChI is InChI=1S/C16H13N3O4/c1-10-3-2-4-13-15(10)14(9-20)23-16(18-13)17-11-5-7-12(8-6-11)19(21)22/h2-9,14H,1H3,(H,17,18). The van der Waals surface area contributed by atoms with Crippen LogP contribution < -0.4 is 5.32 Å². The monoisotopic (exact) mass is 311 g/mol. The molecule has 0 aliphatic carbocycles. The highest BCUT2D eigenvalue weighted by Crippen LogP contribution is 2.34. The summed E-state index contributed by atoms with van der Waals surface area (Å²) in [5.74, 6) is 0. The van der Waals surface area contributed by atoms with Gasteiger partial charge in [-0.05, 0) is 30.7 Å². The number of fused-ring (bicyclic) bond motifs is 1. The van der Waals surface area contributed by atoms with Crippen molar-refractivity contribution >= 4 is 29.4 Å². The van der Waals surface area contributed by atoms with Gasteiger partial charge in [-0.1, -0.05) is 12.1 Å². The van der Waals surface area contributed by atoms with Crippen molar-refractivity contribution in [3.05, 3.63) is 63.7 Å². The average molecular weight is 311 g/mol. The molecule has 1 N–H and O–H groups in total. The number of carbonyl (C=O) groups is 1. The van der Waals surface area contributed by atoms with E-state index in [2.05, 4.69) is 10.3 Å². The molecule has 116 valence electrons. The van der Waals surface area contributed by atoms with Crippen LogP contribution in [0.25, 0.3) is 0 Å². The van der Waals surface area contributed by atoms with Crippen molar-refractivity contribution in [2.75, 3.05) is 5.32 Å². The molecule has 0 bridgehead atoms. The van der Waals surface area contributed by atoms with Crippen molar-refractivity contribution in [3.8, 4) is 0 Å². The van der Waals surface area contributed by atoms with Crippen molar-refractivity contribution in [1.82, 2.24) is 0 Å². The van der Waals surface area contributed by atoms with E-state index < -0.39 is 11.0 Å². The molecule has 0 spiro atoms. The van der Waals surface area contributed by atoms with E-state index >= 15 is 0 Å². The highest BCUT2D eigenvalue weighted by Gasteiger charge is 2.25. The number of amidine groups is 1. The first-order valence-corrected chi connectivity index (χ1v) is 6.90. The van der Waals surface area contributed by atoms with Crippen molar-refractivity contribution in [2.45, 2.75) is 13.0 Å². The first-order valence-electron chi connectivity index (χ1n) is 6.90. The second kappa shape index (κ2) is 5.88. The molecule has 2 aromatic carbocycles. The Kier molecular flexibility index (Phi) is 3.76. The predicted molar refractivity (Wildman–Crippen MR) is 84.9 cm³/mol. The number of nitrogens with one attached hydrogen (secondary N) is 1. The molecule has 0 amide bonds. The Hall–Kier alpha value is -3.22. The van der Waals surface area contributed by atoms with Gasteiger partial charge in [0.1, 0.15) is 0 Å². The number of anilines is 1. The van der Waals surface area contributed by atoms with Crippen LogP contribution in [-0.4, -0.2) is 17.2 Å². The van der Waals surface area contributed by atoms with E-state index in [1.807, 2.05) is 19.1 Å². The van der Waals surface area contributed by atoms with E-state index in [4.69, 9.17) is 4.74 Å². The lowest BCUT2D eigenvalue weighted by Gasteiger charge is -2.24. The van der Waals surface area contributed by atoms with Gasteiger partial charge in [0.05, 0.1) is 10.6 Å². The lowest BCUT2D eigenvalue weighted by molar-refractivity contribution is -0.384. The van der Waals surface area contributed by atoms with Gasteiger partial charge in [-0.3, -0.25) is 14.9 Å². The van der Waals surface area contributed by atoms with Gasteiger partial charge >= 0.3 is 0 Å². The zero-order valence-corrected chi connectivity index (χ0v) is 12.2. The minimum absolute atomic E-state index is 0.00575. The number of hydrogen-bond acceptors (Lipinski definition) is 6. The molecule has 7 nitrogen and oxygen atoms in total. The predicted octanol–water partition coefficient (Wildman–Crippen LogP) is 3.27. The summed E-state index contributed by atoms with van der Waals surface area (Å²) >= 11 is 0. The molecule has 23 heavy (non-hydrogen) atoms. The van der Waals surface area contributed by atoms with Gasteiger partial charge in [0.2, 0.25) is 0 Å². The summed E-state index contributed by atoms with van der Waals surface area (Å²) in [4.78, 5) is 25.8. The summed E-state index contributed by atoms with van der Waals surface area (Å²) in [5, 5.41) is 13.6. The summed E-state index contributed by atoms with van der Waals surface area (Å²) < 4.78 is 5.56. The largest absolute Gasteiger partial charge is 0.449 e. The molecule has 1 aliphatic rings. The molecule has 0 saturated carbocycles. The average Bonchev–Trinajstić information content (AvgIpc) is 2.54. The minimum Gasteiger partial charge on any atom is -0.449 e. The van der Waals surface area contributed by atoms with Crippen molar-refractivity contribution in [3.63, 3.8) is 0 Å². The number of rotatable bonds is 3. The molecule has 0 aromatic heterocycles. The van der Waals surface area contributed by atoms with Crippen LogP contribution in [-0.2, 0) is 9.53 Å². The number of nitro benzene ring substituents is 1. The minimum atomic E-state index is -0.732. The smallest absolute Gasteiger partial charge is 0.295 e. The molecule has 1 atom stereocenters. The lowest BCUT2D eigenvalue weighted by atomic mass is 10.0. The van der Waals surface area contributed by atoms with E-state index in [0.717, 1.165) is 17.4 Å². The van der Waals surface area contributed by atoms with Crippen LogP contribution in [0.15, 0.2) is 47.5 Å². The third kappa shape index (κ3) is 2.89. The molecule has 0 radical (unpaired) electrons. The fourth-order valence-electron chi connectivity index (χ4n) is 2.39. The Balaban J connectivity index is 1.89. The first kappa shape index (κ1) is 14.7. The third-order valence-corrected chi connectivity index (χ3v) is 3.50. The quantitative estimate of drug-likeness (QED) is 0.533. The van der Waals surface area contributed by atoms with E-state index in [0.29, 0.717) is 11.4 Å². The van der Waals surface area contributed by atoms with Gasteiger partial charge in [-0.15, -0.1) is 0 Å². The van der Waals surface area contributed by atoms with Crippen molar-refractivity contribution < 1.29 is 14.5 Å². The van der Waals surface area contributed by atoms with Gasteiger partial charge < -0.3 is 10.1 Å². The summed E-state index contributed by atoms with van der Waals surface area (Å²) in [5.41, 5.74) is 2.91. The number of aldehydes is 1. The van der Waals surface area contributed by atoms with Gasteiger partial charge in [-0.25, -0.2) is 0 Å². The zero-order valence-electron chi connectivity index (χ0n) is 12.2. The topological polar surface area (TPSA) is 93.8 Å². The fraction of sp³-hybridized carbons (Fsp3) is 0.125. The molecular formula is C16H13N3O4.